The quantitative estimate of drug-likeness (QED) is 0.570. The second kappa shape index (κ2) is 5.60. The van der Waals surface area contributed by atoms with Gasteiger partial charge in [0.25, 0.3) is 0 Å². The number of rotatable bonds is 3. The van der Waals surface area contributed by atoms with E-state index in [1.54, 1.807) is 18.5 Å². The summed E-state index contributed by atoms with van der Waals surface area (Å²) in [5.41, 5.74) is 0. The van der Waals surface area contributed by atoms with Crippen LogP contribution in [0.5, 0.6) is 0 Å². The number of thiophene rings is 1. The highest BCUT2D eigenvalue weighted by Gasteiger charge is 2.18. The molecule has 0 spiro atoms. The third-order valence-electron chi connectivity index (χ3n) is 3.36. The fraction of sp³-hybridized carbons (Fsp3) is 0.0667. The zero-order valence-corrected chi connectivity index (χ0v) is 13.2. The van der Waals surface area contributed by atoms with Gasteiger partial charge in [0, 0.05) is 27.4 Å². The summed E-state index contributed by atoms with van der Waals surface area (Å²) < 4.78 is 7.22. The van der Waals surface area contributed by atoms with Crippen LogP contribution in [0.1, 0.15) is 4.88 Å². The van der Waals surface area contributed by atoms with Crippen molar-refractivity contribution in [3.8, 4) is 11.6 Å². The summed E-state index contributed by atoms with van der Waals surface area (Å²) in [6.45, 7) is 0.258. The van der Waals surface area contributed by atoms with E-state index in [9.17, 15) is 4.79 Å². The molecule has 4 aromatic rings. The molecule has 0 aliphatic carbocycles. The summed E-state index contributed by atoms with van der Waals surface area (Å²) in [5, 5.41) is 5.38. The monoisotopic (exact) mass is 344 g/mol. The number of benzene rings is 1. The number of fused-ring (bicyclic) bond motifs is 1. The highest BCUT2D eigenvalue weighted by molar-refractivity contribution is 7.19. The van der Waals surface area contributed by atoms with Crippen molar-refractivity contribution in [2.75, 3.05) is 0 Å². The second-order valence-electron chi connectivity index (χ2n) is 4.77. The Labute approximate surface area is 139 Å². The molecule has 4 rings (SSSR count). The van der Waals surface area contributed by atoms with Crippen LogP contribution in [-0.4, -0.2) is 19.7 Å². The maximum Gasteiger partial charge on any atom is 0.442 e. The van der Waals surface area contributed by atoms with E-state index in [1.807, 2.05) is 24.3 Å². The molecule has 0 atom stereocenters. The van der Waals surface area contributed by atoms with Gasteiger partial charge in [-0.15, -0.1) is 11.3 Å². The summed E-state index contributed by atoms with van der Waals surface area (Å²) in [5.74, 6) is 0.0423. The maximum atomic E-state index is 12.0. The average molecular weight is 345 g/mol. The topological polar surface area (TPSA) is 73.8 Å². The molecule has 23 heavy (non-hydrogen) atoms. The number of hydrogen-bond acceptors (Lipinski definition) is 6. The third kappa shape index (κ3) is 2.43. The Morgan fingerprint density at radius 3 is 2.74 bits per heavy atom. The number of hydrogen-bond donors (Lipinski definition) is 0. The van der Waals surface area contributed by atoms with Gasteiger partial charge in [0.2, 0.25) is 5.82 Å². The minimum absolute atomic E-state index is 0.258. The van der Waals surface area contributed by atoms with Gasteiger partial charge in [-0.05, 0) is 12.1 Å². The van der Waals surface area contributed by atoms with Crippen LogP contribution in [-0.2, 0) is 6.54 Å². The molecule has 0 bridgehead atoms. The standard InChI is InChI=1S/C15H9ClN4O2S/c16-12-9-4-1-2-5-10(9)23-11(12)8-20-14(19-22-15(20)21)13-17-6-3-7-18-13/h1-7H,8H2. The van der Waals surface area contributed by atoms with E-state index in [0.29, 0.717) is 10.8 Å². The van der Waals surface area contributed by atoms with Gasteiger partial charge in [-0.1, -0.05) is 35.0 Å². The first-order valence-electron chi connectivity index (χ1n) is 6.74. The van der Waals surface area contributed by atoms with Gasteiger partial charge >= 0.3 is 5.76 Å². The summed E-state index contributed by atoms with van der Waals surface area (Å²) in [4.78, 5) is 21.1. The lowest BCUT2D eigenvalue weighted by Crippen LogP contribution is -2.16. The fourth-order valence-electron chi connectivity index (χ4n) is 2.29. The predicted octanol–water partition coefficient (Wildman–Crippen LogP) is 3.21. The molecule has 0 aliphatic heterocycles. The van der Waals surface area contributed by atoms with E-state index in [1.165, 1.54) is 15.9 Å². The van der Waals surface area contributed by atoms with Crippen molar-refractivity contribution >= 4 is 33.0 Å². The van der Waals surface area contributed by atoms with Crippen molar-refractivity contribution in [3.05, 3.63) is 63.2 Å². The summed E-state index contributed by atoms with van der Waals surface area (Å²) in [7, 11) is 0. The molecule has 8 heteroatoms. The Bertz CT molecular complexity index is 1040. The lowest BCUT2D eigenvalue weighted by atomic mass is 10.2. The molecule has 0 aliphatic rings. The van der Waals surface area contributed by atoms with Crippen molar-refractivity contribution in [2.45, 2.75) is 6.54 Å². The summed E-state index contributed by atoms with van der Waals surface area (Å²) in [6, 6.07) is 9.52. The van der Waals surface area contributed by atoms with Crippen LogP contribution in [0.15, 0.2) is 52.0 Å². The molecule has 0 fully saturated rings. The van der Waals surface area contributed by atoms with Gasteiger partial charge in [-0.2, -0.15) is 0 Å². The van der Waals surface area contributed by atoms with Crippen LogP contribution < -0.4 is 5.76 Å². The van der Waals surface area contributed by atoms with Crippen LogP contribution in [0.2, 0.25) is 5.02 Å². The van der Waals surface area contributed by atoms with E-state index in [4.69, 9.17) is 16.1 Å². The predicted molar refractivity (Wildman–Crippen MR) is 87.7 cm³/mol. The molecule has 3 heterocycles. The van der Waals surface area contributed by atoms with Gasteiger partial charge < -0.3 is 0 Å². The lowest BCUT2D eigenvalue weighted by molar-refractivity contribution is 0.378. The zero-order valence-electron chi connectivity index (χ0n) is 11.6. The van der Waals surface area contributed by atoms with Crippen molar-refractivity contribution < 1.29 is 4.52 Å². The number of nitrogens with zero attached hydrogens (tertiary/aromatic N) is 4. The van der Waals surface area contributed by atoms with Crippen LogP contribution in [0.3, 0.4) is 0 Å². The highest BCUT2D eigenvalue weighted by atomic mass is 35.5. The van der Waals surface area contributed by atoms with E-state index in [-0.39, 0.29) is 12.4 Å². The third-order valence-corrected chi connectivity index (χ3v) is 5.05. The SMILES string of the molecule is O=c1onc(-c2ncccn2)n1Cc1sc2ccccc2c1Cl. The highest BCUT2D eigenvalue weighted by Crippen LogP contribution is 2.35. The first-order chi connectivity index (χ1) is 11.2. The van der Waals surface area contributed by atoms with Gasteiger partial charge in [0.05, 0.1) is 11.6 Å². The Balaban J connectivity index is 1.81. The van der Waals surface area contributed by atoms with Crippen LogP contribution in [0.25, 0.3) is 21.7 Å². The normalized spacial score (nSPS) is 11.2. The van der Waals surface area contributed by atoms with Crippen LogP contribution in [0, 0.1) is 0 Å². The fourth-order valence-corrected chi connectivity index (χ4v) is 3.77. The minimum Gasteiger partial charge on any atom is -0.295 e. The van der Waals surface area contributed by atoms with Gasteiger partial charge in [0.15, 0.2) is 5.82 Å². The van der Waals surface area contributed by atoms with Crippen molar-refractivity contribution in [3.63, 3.8) is 0 Å². The summed E-state index contributed by atoms with van der Waals surface area (Å²) >= 11 is 7.97. The van der Waals surface area contributed by atoms with E-state index in [2.05, 4.69) is 15.1 Å². The van der Waals surface area contributed by atoms with E-state index in [0.717, 1.165) is 15.0 Å². The molecule has 0 unspecified atom stereocenters. The number of halogens is 1. The molecule has 0 saturated carbocycles. The minimum atomic E-state index is -0.569. The molecule has 0 N–H and O–H groups in total. The van der Waals surface area contributed by atoms with E-state index >= 15 is 0 Å². The Morgan fingerprint density at radius 2 is 1.96 bits per heavy atom. The first kappa shape index (κ1) is 14.1. The molecule has 3 aromatic heterocycles. The van der Waals surface area contributed by atoms with Gasteiger partial charge in [0.1, 0.15) is 0 Å². The Hall–Kier alpha value is -2.51. The Kier molecular flexibility index (Phi) is 3.44. The Morgan fingerprint density at radius 1 is 1.17 bits per heavy atom. The van der Waals surface area contributed by atoms with Crippen molar-refractivity contribution in [1.29, 1.82) is 0 Å². The second-order valence-corrected chi connectivity index (χ2v) is 6.28. The lowest BCUT2D eigenvalue weighted by Gasteiger charge is -2.02. The smallest absolute Gasteiger partial charge is 0.295 e. The van der Waals surface area contributed by atoms with Crippen molar-refractivity contribution in [1.82, 2.24) is 19.7 Å². The van der Waals surface area contributed by atoms with Crippen LogP contribution in [0.4, 0.5) is 0 Å². The van der Waals surface area contributed by atoms with Crippen molar-refractivity contribution in [2.24, 2.45) is 0 Å². The molecule has 6 nitrogen and oxygen atoms in total. The molecule has 0 saturated heterocycles. The molecule has 1 aromatic carbocycles. The molecule has 0 radical (unpaired) electrons. The first-order valence-corrected chi connectivity index (χ1v) is 7.93. The van der Waals surface area contributed by atoms with Crippen LogP contribution >= 0.6 is 22.9 Å². The van der Waals surface area contributed by atoms with Gasteiger partial charge in [-0.3, -0.25) is 4.52 Å². The van der Waals surface area contributed by atoms with Gasteiger partial charge in [-0.25, -0.2) is 19.3 Å². The zero-order chi connectivity index (χ0) is 15.8. The molecular formula is C15H9ClN4O2S. The average Bonchev–Trinajstić information content (AvgIpc) is 3.10. The molecule has 114 valence electrons. The largest absolute Gasteiger partial charge is 0.442 e. The maximum absolute atomic E-state index is 12.0. The summed E-state index contributed by atoms with van der Waals surface area (Å²) in [6.07, 6.45) is 3.16. The molecular weight excluding hydrogens is 336 g/mol. The van der Waals surface area contributed by atoms with E-state index < -0.39 is 5.76 Å². The molecule has 0 amide bonds. The number of aromatic nitrogens is 4.